The molecule has 21 heavy (non-hydrogen) atoms. The second-order valence-corrected chi connectivity index (χ2v) is 4.53. The van der Waals surface area contributed by atoms with Crippen molar-refractivity contribution in [2.75, 3.05) is 26.3 Å². The largest absolute Gasteiger partial charge is 0.471 e. The van der Waals surface area contributed by atoms with E-state index in [4.69, 9.17) is 9.47 Å². The number of aromatic nitrogens is 1. The standard InChI is InChI=1S/C13H15F3N2O3/c1-2-20-8-12(19)18-6-9(7-18)21-11-5-3-4-10(17-11)13(14,15)16/h3-5,9H,2,6-8H2,1H3. The maximum atomic E-state index is 12.5. The van der Waals surface area contributed by atoms with E-state index in [1.165, 1.54) is 17.0 Å². The van der Waals surface area contributed by atoms with E-state index in [1.54, 1.807) is 6.92 Å². The first kappa shape index (κ1) is 15.6. The number of alkyl halides is 3. The van der Waals surface area contributed by atoms with E-state index in [0.717, 1.165) is 6.07 Å². The average molecular weight is 304 g/mol. The van der Waals surface area contributed by atoms with Crippen molar-refractivity contribution in [1.82, 2.24) is 9.88 Å². The Kier molecular flexibility index (Phi) is 4.66. The van der Waals surface area contributed by atoms with Crippen LogP contribution >= 0.6 is 0 Å². The van der Waals surface area contributed by atoms with Crippen molar-refractivity contribution in [3.05, 3.63) is 23.9 Å². The lowest BCUT2D eigenvalue weighted by atomic mass is 10.1. The molecule has 5 nitrogen and oxygen atoms in total. The quantitative estimate of drug-likeness (QED) is 0.831. The molecule has 1 aliphatic heterocycles. The number of rotatable bonds is 5. The molecule has 8 heteroatoms. The van der Waals surface area contributed by atoms with Crippen molar-refractivity contribution >= 4 is 5.91 Å². The summed E-state index contributed by atoms with van der Waals surface area (Å²) >= 11 is 0. The third kappa shape index (κ3) is 4.07. The van der Waals surface area contributed by atoms with Crippen LogP contribution in [0.3, 0.4) is 0 Å². The van der Waals surface area contributed by atoms with Crippen LogP contribution in [0.5, 0.6) is 5.88 Å². The fourth-order valence-electron chi connectivity index (χ4n) is 1.81. The fourth-order valence-corrected chi connectivity index (χ4v) is 1.81. The van der Waals surface area contributed by atoms with Crippen LogP contribution in [0, 0.1) is 0 Å². The molecule has 0 bridgehead atoms. The Balaban J connectivity index is 1.84. The zero-order chi connectivity index (χ0) is 15.5. The van der Waals surface area contributed by atoms with Crippen LogP contribution in [0.15, 0.2) is 18.2 Å². The van der Waals surface area contributed by atoms with Gasteiger partial charge in [-0.1, -0.05) is 6.07 Å². The Morgan fingerprint density at radius 1 is 1.43 bits per heavy atom. The Morgan fingerprint density at radius 3 is 2.76 bits per heavy atom. The zero-order valence-electron chi connectivity index (χ0n) is 11.4. The molecule has 0 saturated carbocycles. The molecule has 0 aliphatic carbocycles. The molecule has 1 aromatic rings. The number of hydrogen-bond acceptors (Lipinski definition) is 4. The summed E-state index contributed by atoms with van der Waals surface area (Å²) in [4.78, 5) is 16.5. The molecule has 0 aromatic carbocycles. The molecule has 1 fully saturated rings. The lowest BCUT2D eigenvalue weighted by molar-refractivity contribution is -0.145. The van der Waals surface area contributed by atoms with E-state index >= 15 is 0 Å². The summed E-state index contributed by atoms with van der Waals surface area (Å²) in [5.74, 6) is -0.250. The number of ether oxygens (including phenoxy) is 2. The Hall–Kier alpha value is -1.83. The molecule has 0 spiro atoms. The summed E-state index contributed by atoms with van der Waals surface area (Å²) < 4.78 is 47.8. The third-order valence-corrected chi connectivity index (χ3v) is 2.93. The highest BCUT2D eigenvalue weighted by atomic mass is 19.4. The minimum Gasteiger partial charge on any atom is -0.471 e. The van der Waals surface area contributed by atoms with Crippen LogP contribution in [-0.4, -0.2) is 48.2 Å². The van der Waals surface area contributed by atoms with Crippen molar-refractivity contribution in [3.8, 4) is 5.88 Å². The topological polar surface area (TPSA) is 51.7 Å². The van der Waals surface area contributed by atoms with Crippen molar-refractivity contribution in [3.63, 3.8) is 0 Å². The maximum absolute atomic E-state index is 12.5. The number of pyridine rings is 1. The summed E-state index contributed by atoms with van der Waals surface area (Å²) in [5.41, 5.74) is -0.997. The highest BCUT2D eigenvalue weighted by molar-refractivity contribution is 5.78. The van der Waals surface area contributed by atoms with E-state index < -0.39 is 11.9 Å². The van der Waals surface area contributed by atoms with Crippen LogP contribution in [0.25, 0.3) is 0 Å². The predicted molar refractivity (Wildman–Crippen MR) is 66.7 cm³/mol. The van der Waals surface area contributed by atoms with Crippen molar-refractivity contribution in [1.29, 1.82) is 0 Å². The molecule has 0 atom stereocenters. The molecule has 1 saturated heterocycles. The highest BCUT2D eigenvalue weighted by Gasteiger charge is 2.35. The summed E-state index contributed by atoms with van der Waals surface area (Å²) in [6.07, 6.45) is -4.84. The highest BCUT2D eigenvalue weighted by Crippen LogP contribution is 2.29. The number of halogens is 3. The van der Waals surface area contributed by atoms with Crippen LogP contribution in [0.4, 0.5) is 13.2 Å². The Morgan fingerprint density at radius 2 is 2.14 bits per heavy atom. The number of carbonyl (C=O) groups excluding carboxylic acids is 1. The molecular formula is C13H15F3N2O3. The minimum absolute atomic E-state index is 0.00499. The second kappa shape index (κ2) is 6.30. The second-order valence-electron chi connectivity index (χ2n) is 4.53. The molecule has 0 unspecified atom stereocenters. The predicted octanol–water partition coefficient (Wildman–Crippen LogP) is 1.73. The van der Waals surface area contributed by atoms with Crippen LogP contribution in [0.2, 0.25) is 0 Å². The molecule has 0 N–H and O–H groups in total. The van der Waals surface area contributed by atoms with Gasteiger partial charge >= 0.3 is 6.18 Å². The molecule has 1 aromatic heterocycles. The van der Waals surface area contributed by atoms with Gasteiger partial charge in [-0.2, -0.15) is 13.2 Å². The number of amides is 1. The molecular weight excluding hydrogens is 289 g/mol. The van der Waals surface area contributed by atoms with Gasteiger partial charge in [0.05, 0.1) is 13.1 Å². The van der Waals surface area contributed by atoms with E-state index in [1.807, 2.05) is 0 Å². The van der Waals surface area contributed by atoms with Gasteiger partial charge < -0.3 is 14.4 Å². The van der Waals surface area contributed by atoms with E-state index in [0.29, 0.717) is 19.7 Å². The first-order valence-corrected chi connectivity index (χ1v) is 6.46. The van der Waals surface area contributed by atoms with Crippen molar-refractivity contribution in [2.24, 2.45) is 0 Å². The monoisotopic (exact) mass is 304 g/mol. The number of carbonyl (C=O) groups is 1. The summed E-state index contributed by atoms with van der Waals surface area (Å²) in [6, 6.07) is 3.48. The van der Waals surface area contributed by atoms with Gasteiger partial charge in [-0.15, -0.1) is 0 Å². The van der Waals surface area contributed by atoms with Gasteiger partial charge in [0.2, 0.25) is 11.8 Å². The third-order valence-electron chi connectivity index (χ3n) is 2.93. The van der Waals surface area contributed by atoms with Crippen molar-refractivity contribution in [2.45, 2.75) is 19.2 Å². The van der Waals surface area contributed by atoms with Gasteiger partial charge in [0.1, 0.15) is 18.4 Å². The molecule has 2 rings (SSSR count). The van der Waals surface area contributed by atoms with Gasteiger partial charge in [0, 0.05) is 12.7 Å². The van der Waals surface area contributed by atoms with Gasteiger partial charge in [-0.3, -0.25) is 4.79 Å². The first-order chi connectivity index (χ1) is 9.90. The fraction of sp³-hybridized carbons (Fsp3) is 0.538. The average Bonchev–Trinajstić information content (AvgIpc) is 2.39. The SMILES string of the molecule is CCOCC(=O)N1CC(Oc2cccc(C(F)(F)F)n2)C1. The Bertz CT molecular complexity index is 502. The van der Waals surface area contributed by atoms with Crippen molar-refractivity contribution < 1.29 is 27.4 Å². The minimum atomic E-state index is -4.50. The summed E-state index contributed by atoms with van der Waals surface area (Å²) in [7, 11) is 0. The zero-order valence-corrected chi connectivity index (χ0v) is 11.4. The maximum Gasteiger partial charge on any atom is 0.433 e. The van der Waals surface area contributed by atoms with Gasteiger partial charge in [0.15, 0.2) is 0 Å². The number of likely N-dealkylation sites (tertiary alicyclic amines) is 1. The van der Waals surface area contributed by atoms with Crippen LogP contribution < -0.4 is 4.74 Å². The van der Waals surface area contributed by atoms with Gasteiger partial charge in [-0.25, -0.2) is 4.98 Å². The normalized spacial score (nSPS) is 15.7. The number of nitrogens with zero attached hydrogens (tertiary/aromatic N) is 2. The van der Waals surface area contributed by atoms with Gasteiger partial charge in [-0.05, 0) is 13.0 Å². The molecule has 116 valence electrons. The lowest BCUT2D eigenvalue weighted by Gasteiger charge is -2.38. The van der Waals surface area contributed by atoms with Crippen LogP contribution in [-0.2, 0) is 15.7 Å². The molecule has 1 aliphatic rings. The summed E-state index contributed by atoms with van der Waals surface area (Å²) in [5, 5.41) is 0. The smallest absolute Gasteiger partial charge is 0.433 e. The number of hydrogen-bond donors (Lipinski definition) is 0. The lowest BCUT2D eigenvalue weighted by Crippen LogP contribution is -2.57. The van der Waals surface area contributed by atoms with Crippen LogP contribution in [0.1, 0.15) is 12.6 Å². The van der Waals surface area contributed by atoms with E-state index in [9.17, 15) is 18.0 Å². The molecule has 0 radical (unpaired) electrons. The van der Waals surface area contributed by atoms with Gasteiger partial charge in [0.25, 0.3) is 0 Å². The molecule has 1 amide bonds. The van der Waals surface area contributed by atoms with E-state index in [2.05, 4.69) is 4.98 Å². The Labute approximate surface area is 119 Å². The van der Waals surface area contributed by atoms with E-state index in [-0.39, 0.29) is 24.5 Å². The summed E-state index contributed by atoms with van der Waals surface area (Å²) in [6.45, 7) is 2.89. The molecule has 2 heterocycles. The first-order valence-electron chi connectivity index (χ1n) is 6.46.